The Morgan fingerprint density at radius 1 is 1.80 bits per heavy atom. The number of rotatable bonds is 2. The van der Waals surface area contributed by atoms with E-state index in [2.05, 4.69) is 6.92 Å². The summed E-state index contributed by atoms with van der Waals surface area (Å²) in [7, 11) is 2.42. The largest absolute Gasteiger partial charge is 0.421 e. The van der Waals surface area contributed by atoms with Crippen molar-refractivity contribution in [3.8, 4) is 0 Å². The molecule has 30 valence electrons. The van der Waals surface area contributed by atoms with Crippen molar-refractivity contribution in [2.24, 2.45) is 0 Å². The maximum Gasteiger partial charge on any atom is 0.228 e. The summed E-state index contributed by atoms with van der Waals surface area (Å²) in [6, 6.07) is 1.15. The summed E-state index contributed by atoms with van der Waals surface area (Å²) in [5.74, 6) is 0. The normalized spacial score (nSPS) is 8.40. The van der Waals surface area contributed by atoms with Crippen LogP contribution in [0.1, 0.15) is 6.92 Å². The van der Waals surface area contributed by atoms with E-state index in [9.17, 15) is 0 Å². The SMILES string of the molecule is CC[Si]OC. The second-order valence-corrected chi connectivity index (χ2v) is 2.11. The minimum Gasteiger partial charge on any atom is -0.421 e. The fourth-order valence-electron chi connectivity index (χ4n) is 0.144. The molecule has 0 aromatic rings. The predicted molar refractivity (Wildman–Crippen MR) is 23.2 cm³/mol. The summed E-state index contributed by atoms with van der Waals surface area (Å²) in [4.78, 5) is 0. The highest BCUT2D eigenvalue weighted by Crippen LogP contribution is 1.68. The lowest BCUT2D eigenvalue weighted by Crippen LogP contribution is -1.86. The van der Waals surface area contributed by atoms with Crippen LogP contribution in [0.3, 0.4) is 0 Å². The Kier molecular flexibility index (Phi) is 4.32. The molecule has 0 atom stereocenters. The molecule has 0 saturated carbocycles. The molecule has 0 N–H and O–H groups in total. The Bertz CT molecular complexity index is 14.4. The molecule has 0 aliphatic carbocycles. The molecule has 0 saturated heterocycles. The van der Waals surface area contributed by atoms with Gasteiger partial charge in [-0.2, -0.15) is 0 Å². The van der Waals surface area contributed by atoms with E-state index in [0.717, 1.165) is 6.04 Å². The van der Waals surface area contributed by atoms with Crippen LogP contribution in [0.4, 0.5) is 0 Å². The summed E-state index contributed by atoms with van der Waals surface area (Å²) in [6.45, 7) is 2.10. The molecule has 0 fully saturated rings. The molecule has 0 bridgehead atoms. The van der Waals surface area contributed by atoms with E-state index in [1.54, 1.807) is 7.11 Å². The first-order valence-electron chi connectivity index (χ1n) is 1.67. The summed E-state index contributed by atoms with van der Waals surface area (Å²) >= 11 is 0. The fourth-order valence-corrected chi connectivity index (χ4v) is 0.433. The van der Waals surface area contributed by atoms with Crippen molar-refractivity contribution in [1.82, 2.24) is 0 Å². The quantitative estimate of drug-likeness (QED) is 0.451. The van der Waals surface area contributed by atoms with Crippen LogP contribution in [-0.4, -0.2) is 16.9 Å². The zero-order valence-corrected chi connectivity index (χ0v) is 4.62. The minimum atomic E-state index is 0.698. The van der Waals surface area contributed by atoms with Gasteiger partial charge < -0.3 is 4.43 Å². The van der Waals surface area contributed by atoms with E-state index in [4.69, 9.17) is 4.43 Å². The molecule has 2 radical (unpaired) electrons. The van der Waals surface area contributed by atoms with Crippen molar-refractivity contribution >= 4 is 9.76 Å². The molecule has 0 aromatic carbocycles. The van der Waals surface area contributed by atoms with Crippen molar-refractivity contribution in [2.75, 3.05) is 7.11 Å². The number of hydrogen-bond acceptors (Lipinski definition) is 1. The summed E-state index contributed by atoms with van der Waals surface area (Å²) in [6.07, 6.45) is 0. The Balaban J connectivity index is 2.19. The highest BCUT2D eigenvalue weighted by molar-refractivity contribution is 6.26. The van der Waals surface area contributed by atoms with E-state index in [-0.39, 0.29) is 0 Å². The van der Waals surface area contributed by atoms with Gasteiger partial charge in [0.25, 0.3) is 0 Å². The van der Waals surface area contributed by atoms with Gasteiger partial charge in [-0.1, -0.05) is 6.92 Å². The van der Waals surface area contributed by atoms with Gasteiger partial charge in [0.05, 0.1) is 0 Å². The topological polar surface area (TPSA) is 9.23 Å². The third kappa shape index (κ3) is 4.18. The Morgan fingerprint density at radius 2 is 2.40 bits per heavy atom. The molecule has 0 aromatic heterocycles. The van der Waals surface area contributed by atoms with Crippen LogP contribution >= 0.6 is 0 Å². The van der Waals surface area contributed by atoms with Crippen molar-refractivity contribution < 1.29 is 4.43 Å². The second kappa shape index (κ2) is 4.18. The molecule has 0 rings (SSSR count). The maximum atomic E-state index is 4.72. The number of hydrogen-bond donors (Lipinski definition) is 0. The summed E-state index contributed by atoms with van der Waals surface area (Å²) < 4.78 is 4.72. The first-order valence-corrected chi connectivity index (χ1v) is 2.79. The Morgan fingerprint density at radius 3 is 2.40 bits per heavy atom. The maximum absolute atomic E-state index is 4.72. The molecule has 0 heterocycles. The first kappa shape index (κ1) is 5.18. The third-order valence-corrected chi connectivity index (χ3v) is 0.866. The van der Waals surface area contributed by atoms with E-state index in [0.29, 0.717) is 9.76 Å². The van der Waals surface area contributed by atoms with Gasteiger partial charge in [-0.25, -0.2) is 0 Å². The highest BCUT2D eigenvalue weighted by Gasteiger charge is 1.72. The molecule has 0 unspecified atom stereocenters. The van der Waals surface area contributed by atoms with Gasteiger partial charge in [-0.05, 0) is 6.04 Å². The van der Waals surface area contributed by atoms with Crippen molar-refractivity contribution in [2.45, 2.75) is 13.0 Å². The highest BCUT2D eigenvalue weighted by atomic mass is 28.2. The zero-order chi connectivity index (χ0) is 4.12. The molecule has 1 nitrogen and oxygen atoms in total. The summed E-state index contributed by atoms with van der Waals surface area (Å²) in [5, 5.41) is 0. The van der Waals surface area contributed by atoms with Gasteiger partial charge in [-0.3, -0.25) is 0 Å². The van der Waals surface area contributed by atoms with Gasteiger partial charge in [0, 0.05) is 7.11 Å². The van der Waals surface area contributed by atoms with Crippen LogP contribution in [0.2, 0.25) is 6.04 Å². The summed E-state index contributed by atoms with van der Waals surface area (Å²) in [5.41, 5.74) is 0. The lowest BCUT2D eigenvalue weighted by molar-refractivity contribution is 0.442. The Labute approximate surface area is 35.3 Å². The smallest absolute Gasteiger partial charge is 0.228 e. The van der Waals surface area contributed by atoms with Crippen LogP contribution in [-0.2, 0) is 4.43 Å². The van der Waals surface area contributed by atoms with Crippen LogP contribution in [0.25, 0.3) is 0 Å². The van der Waals surface area contributed by atoms with Crippen LogP contribution in [0, 0.1) is 0 Å². The molecule has 5 heavy (non-hydrogen) atoms. The van der Waals surface area contributed by atoms with Crippen molar-refractivity contribution in [1.29, 1.82) is 0 Å². The lowest BCUT2D eigenvalue weighted by atomic mass is 11.0. The van der Waals surface area contributed by atoms with Crippen LogP contribution < -0.4 is 0 Å². The van der Waals surface area contributed by atoms with E-state index >= 15 is 0 Å². The van der Waals surface area contributed by atoms with Crippen LogP contribution in [0.5, 0.6) is 0 Å². The predicted octanol–water partition coefficient (Wildman–Crippen LogP) is 0.690. The zero-order valence-electron chi connectivity index (χ0n) is 3.62. The average molecular weight is 88.2 g/mol. The molecular formula is C3H8OSi. The van der Waals surface area contributed by atoms with E-state index in [1.807, 2.05) is 0 Å². The third-order valence-electron chi connectivity index (χ3n) is 0.289. The molecule has 0 amide bonds. The van der Waals surface area contributed by atoms with Crippen LogP contribution in [0.15, 0.2) is 0 Å². The minimum absolute atomic E-state index is 0.698. The molecule has 2 heteroatoms. The molecule has 0 spiro atoms. The average Bonchev–Trinajstić information content (AvgIpc) is 1.41. The fraction of sp³-hybridized carbons (Fsp3) is 1.00. The molecule has 0 aliphatic heterocycles. The standard InChI is InChI=1S/C3H8OSi/c1-3-5-4-2/h3H2,1-2H3. The first-order chi connectivity index (χ1) is 2.41. The van der Waals surface area contributed by atoms with Gasteiger partial charge in [-0.15, -0.1) is 0 Å². The van der Waals surface area contributed by atoms with Gasteiger partial charge in [0.2, 0.25) is 9.76 Å². The van der Waals surface area contributed by atoms with Gasteiger partial charge in [0.1, 0.15) is 0 Å². The van der Waals surface area contributed by atoms with E-state index < -0.39 is 0 Å². The van der Waals surface area contributed by atoms with Gasteiger partial charge >= 0.3 is 0 Å². The molecular weight excluding hydrogens is 80.1 g/mol. The van der Waals surface area contributed by atoms with Crippen molar-refractivity contribution in [3.63, 3.8) is 0 Å². The van der Waals surface area contributed by atoms with E-state index in [1.165, 1.54) is 0 Å². The monoisotopic (exact) mass is 88.0 g/mol. The Hall–Kier alpha value is 0.177. The second-order valence-electron chi connectivity index (χ2n) is 0.702. The molecule has 0 aliphatic rings. The lowest BCUT2D eigenvalue weighted by Gasteiger charge is -1.80. The van der Waals surface area contributed by atoms with Gasteiger partial charge in [0.15, 0.2) is 0 Å². The van der Waals surface area contributed by atoms with Crippen molar-refractivity contribution in [3.05, 3.63) is 0 Å².